The first-order valence-electron chi connectivity index (χ1n) is 8.80. The summed E-state index contributed by atoms with van der Waals surface area (Å²) < 4.78 is 23.3. The Balaban J connectivity index is 1.70. The Morgan fingerprint density at radius 1 is 0.933 bits per heavy atom. The molecule has 0 aliphatic heterocycles. The van der Waals surface area contributed by atoms with Gasteiger partial charge in [0.05, 0.1) is 11.4 Å². The number of halogens is 1. The largest absolute Gasteiger partial charge is 0.376 e. The van der Waals surface area contributed by atoms with E-state index in [-0.39, 0.29) is 23.1 Å². The molecule has 7 nitrogen and oxygen atoms in total. The average Bonchev–Trinajstić information content (AvgIpc) is 2.72. The highest BCUT2D eigenvalue weighted by Gasteiger charge is 2.15. The first-order valence-corrected chi connectivity index (χ1v) is 11.1. The van der Waals surface area contributed by atoms with Crippen LogP contribution in [0.15, 0.2) is 82.2 Å². The van der Waals surface area contributed by atoms with Gasteiger partial charge in [0.2, 0.25) is 15.9 Å². The summed E-state index contributed by atoms with van der Waals surface area (Å²) in [5, 5.41) is 10.7. The van der Waals surface area contributed by atoms with Crippen LogP contribution in [0.2, 0.25) is 0 Å². The predicted octanol–water partition coefficient (Wildman–Crippen LogP) is 3.38. The van der Waals surface area contributed by atoms with Crippen molar-refractivity contribution in [1.29, 1.82) is 0 Å². The van der Waals surface area contributed by atoms with Gasteiger partial charge in [0.25, 0.3) is 0 Å². The summed E-state index contributed by atoms with van der Waals surface area (Å²) in [5.41, 5.74) is 1.91. The van der Waals surface area contributed by atoms with E-state index < -0.39 is 10.0 Å². The zero-order chi connectivity index (χ0) is 21.7. The number of hydrogen-bond donors (Lipinski definition) is 3. The van der Waals surface area contributed by atoms with E-state index in [4.69, 9.17) is 5.14 Å². The number of ketones is 1. The van der Waals surface area contributed by atoms with Crippen LogP contribution >= 0.6 is 15.9 Å². The monoisotopic (exact) mass is 487 g/mol. The number of nitrogens with one attached hydrogen (secondary N) is 2. The molecule has 0 bridgehead atoms. The van der Waals surface area contributed by atoms with Crippen LogP contribution in [0.1, 0.15) is 15.9 Å². The lowest BCUT2D eigenvalue weighted by molar-refractivity contribution is -0.114. The van der Waals surface area contributed by atoms with Crippen LogP contribution in [0.3, 0.4) is 0 Å². The number of hydrogen-bond acceptors (Lipinski definition) is 5. The SMILES string of the molecule is NS(=O)(=O)c1ccc(NC(=O)CNc2ccc(Br)cc2C(=O)c2ccccc2)cc1. The van der Waals surface area contributed by atoms with E-state index in [0.717, 1.165) is 4.47 Å². The Morgan fingerprint density at radius 2 is 1.60 bits per heavy atom. The van der Waals surface area contributed by atoms with Gasteiger partial charge in [-0.05, 0) is 42.5 Å². The van der Waals surface area contributed by atoms with Gasteiger partial charge in [-0.2, -0.15) is 0 Å². The summed E-state index contributed by atoms with van der Waals surface area (Å²) in [7, 11) is -3.79. The third kappa shape index (κ3) is 5.53. The Hall–Kier alpha value is -3.01. The maximum atomic E-state index is 12.8. The van der Waals surface area contributed by atoms with Gasteiger partial charge in [-0.25, -0.2) is 13.6 Å². The Morgan fingerprint density at radius 3 is 2.23 bits per heavy atom. The minimum atomic E-state index is -3.79. The molecule has 9 heteroatoms. The fraction of sp³-hybridized carbons (Fsp3) is 0.0476. The molecular formula is C21H18BrN3O4S. The van der Waals surface area contributed by atoms with Crippen molar-refractivity contribution >= 4 is 49.0 Å². The molecule has 3 rings (SSSR count). The standard InChI is InChI=1S/C21H18BrN3O4S/c22-15-6-11-19(18(12-15)21(27)14-4-2-1-3-5-14)24-13-20(26)25-16-7-9-17(10-8-16)30(23,28)29/h1-12,24H,13H2,(H,25,26)(H2,23,28,29). The van der Waals surface area contributed by atoms with Crippen molar-refractivity contribution in [3.8, 4) is 0 Å². The molecule has 0 spiro atoms. The van der Waals surface area contributed by atoms with Gasteiger partial charge >= 0.3 is 0 Å². The van der Waals surface area contributed by atoms with Crippen LogP contribution in [-0.2, 0) is 14.8 Å². The van der Waals surface area contributed by atoms with E-state index in [2.05, 4.69) is 26.6 Å². The van der Waals surface area contributed by atoms with Crippen molar-refractivity contribution < 1.29 is 18.0 Å². The van der Waals surface area contributed by atoms with Crippen LogP contribution in [-0.4, -0.2) is 26.7 Å². The van der Waals surface area contributed by atoms with Crippen LogP contribution in [0.25, 0.3) is 0 Å². The molecule has 3 aromatic rings. The zero-order valence-corrected chi connectivity index (χ0v) is 18.0. The summed E-state index contributed by atoms with van der Waals surface area (Å²) in [4.78, 5) is 25.1. The van der Waals surface area contributed by atoms with E-state index >= 15 is 0 Å². The maximum Gasteiger partial charge on any atom is 0.243 e. The number of amides is 1. The van der Waals surface area contributed by atoms with E-state index in [1.165, 1.54) is 24.3 Å². The third-order valence-corrected chi connectivity index (χ3v) is 5.59. The van der Waals surface area contributed by atoms with E-state index in [0.29, 0.717) is 22.5 Å². The van der Waals surface area contributed by atoms with Gasteiger partial charge in [0, 0.05) is 27.0 Å². The fourth-order valence-electron chi connectivity index (χ4n) is 2.71. The fourth-order valence-corrected chi connectivity index (χ4v) is 3.59. The van der Waals surface area contributed by atoms with Crippen molar-refractivity contribution in [2.75, 3.05) is 17.2 Å². The molecule has 0 saturated carbocycles. The number of primary sulfonamides is 1. The second kappa shape index (κ2) is 9.21. The van der Waals surface area contributed by atoms with Gasteiger partial charge in [-0.3, -0.25) is 9.59 Å². The Labute approximate surface area is 182 Å². The van der Waals surface area contributed by atoms with Crippen molar-refractivity contribution in [3.63, 3.8) is 0 Å². The summed E-state index contributed by atoms with van der Waals surface area (Å²) in [6.07, 6.45) is 0. The minimum Gasteiger partial charge on any atom is -0.376 e. The molecule has 0 fully saturated rings. The van der Waals surface area contributed by atoms with Crippen molar-refractivity contribution in [1.82, 2.24) is 0 Å². The number of nitrogens with two attached hydrogens (primary N) is 1. The summed E-state index contributed by atoms with van der Waals surface area (Å²) in [6.45, 7) is -0.0896. The average molecular weight is 488 g/mol. The molecule has 0 aromatic heterocycles. The lowest BCUT2D eigenvalue weighted by Gasteiger charge is -2.12. The predicted molar refractivity (Wildman–Crippen MR) is 119 cm³/mol. The highest BCUT2D eigenvalue weighted by atomic mass is 79.9. The second-order valence-corrected chi connectivity index (χ2v) is 8.83. The number of benzene rings is 3. The van der Waals surface area contributed by atoms with Crippen molar-refractivity contribution in [2.45, 2.75) is 4.90 Å². The van der Waals surface area contributed by atoms with E-state index in [1.54, 1.807) is 42.5 Å². The van der Waals surface area contributed by atoms with Crippen LogP contribution in [0, 0.1) is 0 Å². The quantitative estimate of drug-likeness (QED) is 0.441. The van der Waals surface area contributed by atoms with Crippen LogP contribution in [0.4, 0.5) is 11.4 Å². The molecule has 30 heavy (non-hydrogen) atoms. The van der Waals surface area contributed by atoms with Crippen LogP contribution < -0.4 is 15.8 Å². The molecule has 0 heterocycles. The number of sulfonamides is 1. The molecule has 154 valence electrons. The van der Waals surface area contributed by atoms with Gasteiger partial charge in [0.1, 0.15) is 0 Å². The highest BCUT2D eigenvalue weighted by Crippen LogP contribution is 2.24. The third-order valence-electron chi connectivity index (χ3n) is 4.17. The molecule has 0 aliphatic carbocycles. The normalized spacial score (nSPS) is 11.0. The maximum absolute atomic E-state index is 12.8. The lowest BCUT2D eigenvalue weighted by Crippen LogP contribution is -2.22. The molecule has 3 aromatic carbocycles. The van der Waals surface area contributed by atoms with Crippen LogP contribution in [0.5, 0.6) is 0 Å². The van der Waals surface area contributed by atoms with Crippen molar-refractivity contribution in [3.05, 3.63) is 88.4 Å². The minimum absolute atomic E-state index is 0.0439. The second-order valence-electron chi connectivity index (χ2n) is 6.36. The molecule has 0 radical (unpaired) electrons. The smallest absolute Gasteiger partial charge is 0.243 e. The molecule has 0 atom stereocenters. The van der Waals surface area contributed by atoms with E-state index in [9.17, 15) is 18.0 Å². The molecule has 0 saturated heterocycles. The van der Waals surface area contributed by atoms with Gasteiger partial charge < -0.3 is 10.6 Å². The Kier molecular flexibility index (Phi) is 6.66. The summed E-state index contributed by atoms with van der Waals surface area (Å²) in [5.74, 6) is -0.530. The molecule has 0 aliphatic rings. The molecule has 0 unspecified atom stereocenters. The van der Waals surface area contributed by atoms with Gasteiger partial charge in [-0.1, -0.05) is 46.3 Å². The highest BCUT2D eigenvalue weighted by molar-refractivity contribution is 9.10. The van der Waals surface area contributed by atoms with Gasteiger partial charge in [0.15, 0.2) is 5.78 Å². The topological polar surface area (TPSA) is 118 Å². The molecular weight excluding hydrogens is 470 g/mol. The van der Waals surface area contributed by atoms with Gasteiger partial charge in [-0.15, -0.1) is 0 Å². The first kappa shape index (κ1) is 21.7. The lowest BCUT2D eigenvalue weighted by atomic mass is 10.0. The Bertz CT molecular complexity index is 1180. The van der Waals surface area contributed by atoms with E-state index in [1.807, 2.05) is 6.07 Å². The molecule has 4 N–H and O–H groups in total. The van der Waals surface area contributed by atoms with Crippen molar-refractivity contribution in [2.24, 2.45) is 5.14 Å². The molecule has 1 amide bonds. The first-order chi connectivity index (χ1) is 14.2. The number of rotatable bonds is 7. The zero-order valence-electron chi connectivity index (χ0n) is 15.6. The number of carbonyl (C=O) groups excluding carboxylic acids is 2. The number of carbonyl (C=O) groups is 2. The summed E-state index contributed by atoms with van der Waals surface area (Å²) in [6, 6.07) is 19.5. The summed E-state index contributed by atoms with van der Waals surface area (Å²) >= 11 is 3.37. The number of anilines is 2.